The molecule has 0 aliphatic heterocycles. The molecular formula is C13H29ClN2O. The van der Waals surface area contributed by atoms with Crippen LogP contribution in [-0.2, 0) is 4.79 Å². The maximum Gasteiger partial charge on any atom is 0.220 e. The standard InChI is InChI=1S/C13H28N2O.ClH/c1-4-7-8-12(5-2)11-13(16)15-10-9-14-6-3;/h12,14H,4-11H2,1-3H3,(H,15,16);1H. The van der Waals surface area contributed by atoms with Crippen LogP contribution < -0.4 is 10.6 Å². The molecule has 0 saturated heterocycles. The van der Waals surface area contributed by atoms with Gasteiger partial charge in [-0.1, -0.05) is 40.0 Å². The van der Waals surface area contributed by atoms with Crippen molar-refractivity contribution < 1.29 is 4.79 Å². The number of likely N-dealkylation sites (N-methyl/N-ethyl adjacent to an activating group) is 1. The summed E-state index contributed by atoms with van der Waals surface area (Å²) in [5.74, 6) is 0.778. The Morgan fingerprint density at radius 3 is 2.41 bits per heavy atom. The first-order valence-electron chi connectivity index (χ1n) is 6.71. The van der Waals surface area contributed by atoms with Crippen LogP contribution >= 0.6 is 12.4 Å². The number of hydrogen-bond acceptors (Lipinski definition) is 2. The third-order valence-electron chi connectivity index (χ3n) is 2.89. The number of hydrogen-bond donors (Lipinski definition) is 2. The third kappa shape index (κ3) is 12.0. The Balaban J connectivity index is 0. The van der Waals surface area contributed by atoms with E-state index in [1.807, 2.05) is 0 Å². The zero-order chi connectivity index (χ0) is 12.2. The average molecular weight is 265 g/mol. The molecule has 0 spiro atoms. The highest BCUT2D eigenvalue weighted by Gasteiger charge is 2.10. The highest BCUT2D eigenvalue weighted by Crippen LogP contribution is 2.16. The molecule has 0 heterocycles. The van der Waals surface area contributed by atoms with E-state index >= 15 is 0 Å². The largest absolute Gasteiger partial charge is 0.355 e. The van der Waals surface area contributed by atoms with E-state index < -0.39 is 0 Å². The van der Waals surface area contributed by atoms with Crippen LogP contribution in [0.1, 0.15) is 52.9 Å². The van der Waals surface area contributed by atoms with Crippen LogP contribution in [0.4, 0.5) is 0 Å². The van der Waals surface area contributed by atoms with E-state index in [1.165, 1.54) is 19.3 Å². The fourth-order valence-corrected chi connectivity index (χ4v) is 1.74. The fraction of sp³-hybridized carbons (Fsp3) is 0.923. The molecule has 1 atom stereocenters. The molecule has 0 rings (SSSR count). The van der Waals surface area contributed by atoms with Crippen LogP contribution in [0.5, 0.6) is 0 Å². The summed E-state index contributed by atoms with van der Waals surface area (Å²) < 4.78 is 0. The molecule has 2 N–H and O–H groups in total. The topological polar surface area (TPSA) is 41.1 Å². The summed E-state index contributed by atoms with van der Waals surface area (Å²) in [5.41, 5.74) is 0. The monoisotopic (exact) mass is 264 g/mol. The minimum Gasteiger partial charge on any atom is -0.355 e. The molecule has 17 heavy (non-hydrogen) atoms. The maximum absolute atomic E-state index is 11.6. The number of carbonyl (C=O) groups is 1. The van der Waals surface area contributed by atoms with Gasteiger partial charge in [-0.25, -0.2) is 0 Å². The smallest absolute Gasteiger partial charge is 0.220 e. The Morgan fingerprint density at radius 1 is 1.18 bits per heavy atom. The van der Waals surface area contributed by atoms with Gasteiger partial charge in [0.15, 0.2) is 0 Å². The summed E-state index contributed by atoms with van der Waals surface area (Å²) in [6.07, 6.45) is 5.46. The molecule has 4 heteroatoms. The number of nitrogens with one attached hydrogen (secondary N) is 2. The second-order valence-electron chi connectivity index (χ2n) is 4.32. The first-order chi connectivity index (χ1) is 7.74. The van der Waals surface area contributed by atoms with Crippen molar-refractivity contribution in [2.45, 2.75) is 52.9 Å². The third-order valence-corrected chi connectivity index (χ3v) is 2.89. The summed E-state index contributed by atoms with van der Waals surface area (Å²) in [6, 6.07) is 0. The molecule has 0 aromatic rings. The highest BCUT2D eigenvalue weighted by molar-refractivity contribution is 5.85. The lowest BCUT2D eigenvalue weighted by Crippen LogP contribution is -2.32. The summed E-state index contributed by atoms with van der Waals surface area (Å²) in [5, 5.41) is 6.15. The normalized spacial score (nSPS) is 11.7. The lowest BCUT2D eigenvalue weighted by molar-refractivity contribution is -0.122. The van der Waals surface area contributed by atoms with Gasteiger partial charge in [0.25, 0.3) is 0 Å². The van der Waals surface area contributed by atoms with Crippen molar-refractivity contribution in [1.29, 1.82) is 0 Å². The predicted octanol–water partition coefficient (Wildman–Crippen LogP) is 2.74. The number of carbonyl (C=O) groups excluding carboxylic acids is 1. The quantitative estimate of drug-likeness (QED) is 0.596. The summed E-state index contributed by atoms with van der Waals surface area (Å²) in [4.78, 5) is 11.6. The van der Waals surface area contributed by atoms with Crippen LogP contribution in [0.2, 0.25) is 0 Å². The van der Waals surface area contributed by atoms with Crippen LogP contribution in [-0.4, -0.2) is 25.5 Å². The van der Waals surface area contributed by atoms with Crippen molar-refractivity contribution in [3.8, 4) is 0 Å². The molecule has 3 nitrogen and oxygen atoms in total. The van der Waals surface area contributed by atoms with Gasteiger partial charge in [-0.05, 0) is 18.9 Å². The lowest BCUT2D eigenvalue weighted by Gasteiger charge is -2.14. The van der Waals surface area contributed by atoms with E-state index in [-0.39, 0.29) is 18.3 Å². The van der Waals surface area contributed by atoms with Gasteiger partial charge in [-0.3, -0.25) is 4.79 Å². The second kappa shape index (κ2) is 13.8. The average Bonchev–Trinajstić information content (AvgIpc) is 2.30. The molecule has 0 aromatic heterocycles. The Bertz CT molecular complexity index is 177. The summed E-state index contributed by atoms with van der Waals surface area (Å²) in [6.45, 7) is 9.02. The van der Waals surface area contributed by atoms with Gasteiger partial charge in [-0.2, -0.15) is 0 Å². The Hall–Kier alpha value is -0.280. The van der Waals surface area contributed by atoms with E-state index in [2.05, 4.69) is 31.4 Å². The molecule has 0 aliphatic carbocycles. The van der Waals surface area contributed by atoms with E-state index in [0.717, 1.165) is 26.1 Å². The molecule has 0 fully saturated rings. The lowest BCUT2D eigenvalue weighted by atomic mass is 9.95. The molecule has 1 unspecified atom stereocenters. The molecule has 0 bridgehead atoms. The van der Waals surface area contributed by atoms with Crippen molar-refractivity contribution >= 4 is 18.3 Å². The maximum atomic E-state index is 11.6. The second-order valence-corrected chi connectivity index (χ2v) is 4.32. The van der Waals surface area contributed by atoms with Crippen molar-refractivity contribution in [2.75, 3.05) is 19.6 Å². The number of rotatable bonds is 10. The van der Waals surface area contributed by atoms with Crippen LogP contribution in [0.25, 0.3) is 0 Å². The van der Waals surface area contributed by atoms with E-state index in [9.17, 15) is 4.79 Å². The minimum atomic E-state index is 0. The Morgan fingerprint density at radius 2 is 1.88 bits per heavy atom. The van der Waals surface area contributed by atoms with Crippen molar-refractivity contribution in [3.05, 3.63) is 0 Å². The molecule has 0 saturated carbocycles. The van der Waals surface area contributed by atoms with E-state index in [1.54, 1.807) is 0 Å². The molecule has 0 aromatic carbocycles. The van der Waals surface area contributed by atoms with Crippen LogP contribution in [0.3, 0.4) is 0 Å². The van der Waals surface area contributed by atoms with Gasteiger partial charge in [0.2, 0.25) is 5.91 Å². The Kier molecular flexibility index (Phi) is 15.5. The summed E-state index contributed by atoms with van der Waals surface area (Å²) >= 11 is 0. The van der Waals surface area contributed by atoms with Crippen LogP contribution in [0.15, 0.2) is 0 Å². The van der Waals surface area contributed by atoms with E-state index in [0.29, 0.717) is 12.3 Å². The first-order valence-corrected chi connectivity index (χ1v) is 6.71. The van der Waals surface area contributed by atoms with Crippen molar-refractivity contribution in [1.82, 2.24) is 10.6 Å². The molecule has 0 aliphatic rings. The SMILES string of the molecule is CCCCC(CC)CC(=O)NCCNCC.Cl. The Labute approximate surface area is 113 Å². The first kappa shape index (κ1) is 19.1. The molecule has 1 amide bonds. The van der Waals surface area contributed by atoms with Crippen molar-refractivity contribution in [2.24, 2.45) is 5.92 Å². The van der Waals surface area contributed by atoms with Crippen molar-refractivity contribution in [3.63, 3.8) is 0 Å². The van der Waals surface area contributed by atoms with Crippen LogP contribution in [0, 0.1) is 5.92 Å². The molecular weight excluding hydrogens is 236 g/mol. The zero-order valence-electron chi connectivity index (χ0n) is 11.6. The number of halogens is 1. The fourth-order valence-electron chi connectivity index (χ4n) is 1.74. The summed E-state index contributed by atoms with van der Waals surface area (Å²) in [7, 11) is 0. The highest BCUT2D eigenvalue weighted by atomic mass is 35.5. The van der Waals surface area contributed by atoms with Gasteiger partial charge in [-0.15, -0.1) is 12.4 Å². The predicted molar refractivity (Wildman–Crippen MR) is 76.7 cm³/mol. The minimum absolute atomic E-state index is 0. The number of amides is 1. The van der Waals surface area contributed by atoms with Gasteiger partial charge >= 0.3 is 0 Å². The van der Waals surface area contributed by atoms with Gasteiger partial charge < -0.3 is 10.6 Å². The molecule has 104 valence electrons. The number of unbranched alkanes of at least 4 members (excludes halogenated alkanes) is 1. The van der Waals surface area contributed by atoms with Gasteiger partial charge in [0, 0.05) is 19.5 Å². The van der Waals surface area contributed by atoms with E-state index in [4.69, 9.17) is 0 Å². The molecule has 0 radical (unpaired) electrons. The van der Waals surface area contributed by atoms with Gasteiger partial charge in [0.1, 0.15) is 0 Å². The van der Waals surface area contributed by atoms with Gasteiger partial charge in [0.05, 0.1) is 0 Å². The zero-order valence-corrected chi connectivity index (χ0v) is 12.4.